The van der Waals surface area contributed by atoms with Crippen LogP contribution < -0.4 is 10.6 Å². The summed E-state index contributed by atoms with van der Waals surface area (Å²) in [6.45, 7) is 0.409. The lowest BCUT2D eigenvalue weighted by Gasteiger charge is -2.08. The molecule has 0 bridgehead atoms. The summed E-state index contributed by atoms with van der Waals surface area (Å²) in [5.74, 6) is -1.22. The summed E-state index contributed by atoms with van der Waals surface area (Å²) in [6.07, 6.45) is 3.47. The third-order valence-corrected chi connectivity index (χ3v) is 3.59. The highest BCUT2D eigenvalue weighted by atomic mass is 32.2. The van der Waals surface area contributed by atoms with Gasteiger partial charge in [-0.2, -0.15) is 10.4 Å². The Morgan fingerprint density at radius 2 is 2.09 bits per heavy atom. The molecule has 1 heterocycles. The number of thioether (sulfide) groups is 1. The maximum absolute atomic E-state index is 13.6. The van der Waals surface area contributed by atoms with E-state index in [0.717, 1.165) is 23.9 Å². The van der Waals surface area contributed by atoms with Crippen LogP contribution in [0.4, 0.5) is 25.1 Å². The van der Waals surface area contributed by atoms with Crippen molar-refractivity contribution in [2.24, 2.45) is 0 Å². The van der Waals surface area contributed by atoms with Crippen LogP contribution in [0.5, 0.6) is 0 Å². The van der Waals surface area contributed by atoms with Crippen molar-refractivity contribution >= 4 is 29.3 Å². The van der Waals surface area contributed by atoms with Crippen LogP contribution in [-0.4, -0.2) is 22.1 Å². The van der Waals surface area contributed by atoms with E-state index in [1.54, 1.807) is 18.5 Å². The first-order valence-electron chi connectivity index (χ1n) is 6.55. The molecular weight excluding hydrogens is 324 g/mol. The number of nitriles is 1. The molecule has 0 radical (unpaired) electrons. The van der Waals surface area contributed by atoms with Gasteiger partial charge in [-0.25, -0.2) is 13.6 Å². The van der Waals surface area contributed by atoms with Gasteiger partial charge in [-0.15, -0.1) is 11.8 Å². The minimum absolute atomic E-state index is 0.000729. The molecule has 0 saturated carbocycles. The van der Waals surface area contributed by atoms with Crippen molar-refractivity contribution in [2.45, 2.75) is 17.9 Å². The van der Waals surface area contributed by atoms with Crippen LogP contribution in [0.25, 0.3) is 0 Å². The lowest BCUT2D eigenvalue weighted by atomic mass is 10.3. The van der Waals surface area contributed by atoms with Crippen molar-refractivity contribution in [1.82, 2.24) is 9.78 Å². The number of hydrogen-bond acceptors (Lipinski definition) is 4. The molecule has 1 aromatic carbocycles. The highest BCUT2D eigenvalue weighted by Crippen LogP contribution is 2.26. The normalized spacial score (nSPS) is 10.2. The van der Waals surface area contributed by atoms with Crippen LogP contribution in [0.2, 0.25) is 0 Å². The van der Waals surface area contributed by atoms with E-state index in [1.165, 1.54) is 4.68 Å². The number of nitrogens with one attached hydrogen (secondary N) is 2. The quantitative estimate of drug-likeness (QED) is 0.819. The Balaban J connectivity index is 2.00. The molecule has 2 rings (SSSR count). The Morgan fingerprint density at radius 1 is 1.39 bits per heavy atom. The van der Waals surface area contributed by atoms with Crippen LogP contribution in [0.1, 0.15) is 6.42 Å². The average Bonchev–Trinajstić information content (AvgIpc) is 2.92. The van der Waals surface area contributed by atoms with Crippen molar-refractivity contribution in [3.05, 3.63) is 36.0 Å². The number of anilines is 2. The zero-order valence-electron chi connectivity index (χ0n) is 12.1. The zero-order chi connectivity index (χ0) is 16.8. The first kappa shape index (κ1) is 16.8. The molecule has 0 fully saturated rings. The van der Waals surface area contributed by atoms with Crippen LogP contribution in [-0.2, 0) is 6.54 Å². The summed E-state index contributed by atoms with van der Waals surface area (Å²) >= 11 is 0.947. The van der Waals surface area contributed by atoms with Gasteiger partial charge in [-0.1, -0.05) is 0 Å². The first-order chi connectivity index (χ1) is 11.0. The topological polar surface area (TPSA) is 82.7 Å². The van der Waals surface area contributed by atoms with Gasteiger partial charge in [0.1, 0.15) is 11.6 Å². The summed E-state index contributed by atoms with van der Waals surface area (Å²) in [4.78, 5) is 11.7. The molecule has 0 atom stereocenters. The number of urea groups is 1. The summed E-state index contributed by atoms with van der Waals surface area (Å²) in [6, 6.07) is 4.94. The fraction of sp³-hybridized carbons (Fsp3) is 0.214. The largest absolute Gasteiger partial charge is 0.324 e. The van der Waals surface area contributed by atoms with Crippen molar-refractivity contribution < 1.29 is 13.6 Å². The van der Waals surface area contributed by atoms with Gasteiger partial charge in [0, 0.05) is 18.0 Å². The maximum Gasteiger partial charge on any atom is 0.324 e. The number of carbonyl (C=O) groups excluding carboxylic acids is 1. The number of aryl methyl sites for hydroxylation is 1. The number of hydrogen-bond donors (Lipinski definition) is 2. The molecule has 0 aliphatic heterocycles. The lowest BCUT2D eigenvalue weighted by Crippen LogP contribution is -2.20. The Labute approximate surface area is 135 Å². The van der Waals surface area contributed by atoms with E-state index in [2.05, 4.69) is 15.7 Å². The van der Waals surface area contributed by atoms with E-state index in [0.29, 0.717) is 13.0 Å². The molecule has 2 amide bonds. The molecule has 1 aromatic heterocycles. The van der Waals surface area contributed by atoms with Gasteiger partial charge in [0.15, 0.2) is 5.82 Å². The van der Waals surface area contributed by atoms with E-state index in [1.807, 2.05) is 6.07 Å². The Hall–Kier alpha value is -2.60. The molecule has 2 N–H and O–H groups in total. The van der Waals surface area contributed by atoms with Crippen molar-refractivity contribution in [2.75, 3.05) is 16.9 Å². The van der Waals surface area contributed by atoms with Crippen LogP contribution in [0, 0.1) is 23.0 Å². The standard InChI is InChI=1S/C14H13F2N5OS/c1-23-13-10(15)7-9(8-11(13)16)18-14(22)19-12-3-6-21(20-12)5-2-4-17/h3,6-8H,2,5H2,1H3,(H2,18,19,20,22). The van der Waals surface area contributed by atoms with Gasteiger partial charge in [0.05, 0.1) is 23.9 Å². The molecule has 0 aliphatic carbocycles. The molecule has 23 heavy (non-hydrogen) atoms. The molecule has 0 spiro atoms. The van der Waals surface area contributed by atoms with Gasteiger partial charge in [-0.3, -0.25) is 10.00 Å². The highest BCUT2D eigenvalue weighted by molar-refractivity contribution is 7.98. The molecule has 120 valence electrons. The Morgan fingerprint density at radius 3 is 2.70 bits per heavy atom. The van der Waals surface area contributed by atoms with Crippen molar-refractivity contribution in [3.8, 4) is 6.07 Å². The number of halogens is 2. The van der Waals surface area contributed by atoms with E-state index in [9.17, 15) is 13.6 Å². The molecule has 6 nitrogen and oxygen atoms in total. The SMILES string of the molecule is CSc1c(F)cc(NC(=O)Nc2ccn(CCC#N)n2)cc1F. The molecule has 9 heteroatoms. The summed E-state index contributed by atoms with van der Waals surface area (Å²) in [5.41, 5.74) is -0.000729. The Kier molecular flexibility index (Phi) is 5.54. The van der Waals surface area contributed by atoms with Gasteiger partial charge in [0.2, 0.25) is 0 Å². The molecule has 2 aromatic rings. The van der Waals surface area contributed by atoms with Crippen LogP contribution >= 0.6 is 11.8 Å². The van der Waals surface area contributed by atoms with E-state index >= 15 is 0 Å². The second-order valence-electron chi connectivity index (χ2n) is 4.42. The van der Waals surface area contributed by atoms with Gasteiger partial charge in [-0.05, 0) is 18.4 Å². The van der Waals surface area contributed by atoms with E-state index < -0.39 is 17.7 Å². The Bertz CT molecular complexity index is 733. The number of carbonyl (C=O) groups is 1. The summed E-state index contributed by atoms with van der Waals surface area (Å²) in [7, 11) is 0. The van der Waals surface area contributed by atoms with Crippen molar-refractivity contribution in [3.63, 3.8) is 0 Å². The fourth-order valence-electron chi connectivity index (χ4n) is 1.82. The minimum Gasteiger partial charge on any atom is -0.307 e. The smallest absolute Gasteiger partial charge is 0.307 e. The van der Waals surface area contributed by atoms with Crippen LogP contribution in [0.3, 0.4) is 0 Å². The monoisotopic (exact) mass is 337 g/mol. The number of nitrogens with zero attached hydrogens (tertiary/aromatic N) is 3. The second-order valence-corrected chi connectivity index (χ2v) is 5.24. The lowest BCUT2D eigenvalue weighted by molar-refractivity contribution is 0.262. The zero-order valence-corrected chi connectivity index (χ0v) is 13.0. The van der Waals surface area contributed by atoms with Gasteiger partial charge >= 0.3 is 6.03 Å². The van der Waals surface area contributed by atoms with Crippen LogP contribution in [0.15, 0.2) is 29.3 Å². The van der Waals surface area contributed by atoms with Gasteiger partial charge in [0.25, 0.3) is 0 Å². The van der Waals surface area contributed by atoms with Crippen molar-refractivity contribution in [1.29, 1.82) is 5.26 Å². The summed E-state index contributed by atoms with van der Waals surface area (Å²) in [5, 5.41) is 17.3. The number of amides is 2. The minimum atomic E-state index is -0.742. The third-order valence-electron chi connectivity index (χ3n) is 2.80. The first-order valence-corrected chi connectivity index (χ1v) is 7.77. The fourth-order valence-corrected chi connectivity index (χ4v) is 2.33. The molecule has 0 saturated heterocycles. The van der Waals surface area contributed by atoms with E-state index in [4.69, 9.17) is 5.26 Å². The predicted octanol–water partition coefficient (Wildman–Crippen LogP) is 3.44. The molecular formula is C14H13F2N5OS. The number of benzene rings is 1. The number of rotatable bonds is 5. The number of aromatic nitrogens is 2. The molecule has 0 aliphatic rings. The second kappa shape index (κ2) is 7.60. The van der Waals surface area contributed by atoms with E-state index in [-0.39, 0.29) is 16.4 Å². The highest BCUT2D eigenvalue weighted by Gasteiger charge is 2.12. The average molecular weight is 337 g/mol. The summed E-state index contributed by atoms with van der Waals surface area (Å²) < 4.78 is 28.8. The predicted molar refractivity (Wildman–Crippen MR) is 83.2 cm³/mol. The molecule has 0 unspecified atom stereocenters. The third kappa shape index (κ3) is 4.43. The maximum atomic E-state index is 13.6. The van der Waals surface area contributed by atoms with Gasteiger partial charge < -0.3 is 5.32 Å².